The van der Waals surface area contributed by atoms with Gasteiger partial charge in [0.15, 0.2) is 0 Å². The van der Waals surface area contributed by atoms with Crippen LogP contribution in [0.1, 0.15) is 143 Å². The summed E-state index contributed by atoms with van der Waals surface area (Å²) in [4.78, 5) is 11.9. The number of hydrogen-bond donors (Lipinski definition) is 2. The van der Waals surface area contributed by atoms with Gasteiger partial charge in [-0.1, -0.05) is 117 Å². The second-order valence-corrected chi connectivity index (χ2v) is 9.50. The summed E-state index contributed by atoms with van der Waals surface area (Å²) < 4.78 is 0. The lowest BCUT2D eigenvalue weighted by Crippen LogP contribution is -2.22. The van der Waals surface area contributed by atoms with Crippen LogP contribution in [0.2, 0.25) is 0 Å². The third kappa shape index (κ3) is 19.4. The van der Waals surface area contributed by atoms with Crippen LogP contribution in [0.3, 0.4) is 0 Å². The van der Waals surface area contributed by atoms with E-state index in [-0.39, 0.29) is 5.92 Å². The van der Waals surface area contributed by atoms with Crippen molar-refractivity contribution in [2.75, 3.05) is 13.1 Å². The molecule has 0 aromatic heterocycles. The molecule has 0 aromatic carbocycles. The Bertz CT molecular complexity index is 347. The van der Waals surface area contributed by atoms with Crippen LogP contribution in [0.15, 0.2) is 0 Å². The number of unbranched alkanes of at least 4 members (excludes halogenated alkanes) is 11. The number of nitrogens with one attached hydrogen (secondary N) is 1. The van der Waals surface area contributed by atoms with Crippen molar-refractivity contribution in [3.63, 3.8) is 0 Å². The van der Waals surface area contributed by atoms with Gasteiger partial charge in [0.25, 0.3) is 0 Å². The van der Waals surface area contributed by atoms with Crippen LogP contribution < -0.4 is 5.32 Å². The van der Waals surface area contributed by atoms with E-state index in [1.54, 1.807) is 0 Å². The van der Waals surface area contributed by atoms with Gasteiger partial charge >= 0.3 is 5.97 Å². The lowest BCUT2D eigenvalue weighted by Gasteiger charge is -2.21. The van der Waals surface area contributed by atoms with E-state index < -0.39 is 5.97 Å². The Morgan fingerprint density at radius 1 is 0.633 bits per heavy atom. The van der Waals surface area contributed by atoms with E-state index in [0.717, 1.165) is 32.4 Å². The van der Waals surface area contributed by atoms with E-state index in [9.17, 15) is 9.90 Å². The predicted molar refractivity (Wildman–Crippen MR) is 132 cm³/mol. The van der Waals surface area contributed by atoms with Gasteiger partial charge in [0.05, 0.1) is 5.92 Å². The standard InChI is InChI=1S/C27H55NO2/c1-4-7-10-13-14-17-22-28-23-18-21-26(27(29)30)24-25(19-15-11-8-5-2)20-16-12-9-6-3/h25-26,28H,4-24H2,1-3H3,(H,29,30). The molecule has 2 N–H and O–H groups in total. The molecule has 3 nitrogen and oxygen atoms in total. The first kappa shape index (κ1) is 29.4. The van der Waals surface area contributed by atoms with E-state index in [4.69, 9.17) is 0 Å². The van der Waals surface area contributed by atoms with Crippen LogP contribution in [-0.2, 0) is 4.79 Å². The second kappa shape index (κ2) is 23.1. The summed E-state index contributed by atoms with van der Waals surface area (Å²) >= 11 is 0. The summed E-state index contributed by atoms with van der Waals surface area (Å²) in [6.07, 6.45) is 23.5. The second-order valence-electron chi connectivity index (χ2n) is 9.50. The van der Waals surface area contributed by atoms with Crippen LogP contribution in [-0.4, -0.2) is 24.2 Å². The molecule has 0 fully saturated rings. The number of aliphatic carboxylic acids is 1. The third-order valence-electron chi connectivity index (χ3n) is 6.51. The van der Waals surface area contributed by atoms with Gasteiger partial charge in [-0.25, -0.2) is 0 Å². The van der Waals surface area contributed by atoms with Crippen LogP contribution in [0, 0.1) is 11.8 Å². The summed E-state index contributed by atoms with van der Waals surface area (Å²) in [7, 11) is 0. The fraction of sp³-hybridized carbons (Fsp3) is 0.963. The highest BCUT2D eigenvalue weighted by molar-refractivity contribution is 5.69. The summed E-state index contributed by atoms with van der Waals surface area (Å²) in [6, 6.07) is 0. The predicted octanol–water partition coefficient (Wildman–Crippen LogP) is 8.36. The highest BCUT2D eigenvalue weighted by atomic mass is 16.4. The van der Waals surface area contributed by atoms with Crippen molar-refractivity contribution in [3.05, 3.63) is 0 Å². The zero-order valence-corrected chi connectivity index (χ0v) is 20.9. The van der Waals surface area contributed by atoms with Gasteiger partial charge in [-0.3, -0.25) is 4.79 Å². The van der Waals surface area contributed by atoms with Crippen molar-refractivity contribution >= 4 is 5.97 Å². The van der Waals surface area contributed by atoms with Gasteiger partial charge in [0.1, 0.15) is 0 Å². The molecule has 0 saturated heterocycles. The Hall–Kier alpha value is -0.570. The van der Waals surface area contributed by atoms with Crippen LogP contribution in [0.4, 0.5) is 0 Å². The fourth-order valence-corrected chi connectivity index (χ4v) is 4.47. The molecule has 0 aliphatic carbocycles. The van der Waals surface area contributed by atoms with Gasteiger partial charge in [0.2, 0.25) is 0 Å². The van der Waals surface area contributed by atoms with Crippen molar-refractivity contribution < 1.29 is 9.90 Å². The normalized spacial score (nSPS) is 12.5. The average molecular weight is 426 g/mol. The summed E-state index contributed by atoms with van der Waals surface area (Å²) in [5, 5.41) is 13.3. The van der Waals surface area contributed by atoms with E-state index >= 15 is 0 Å². The fourth-order valence-electron chi connectivity index (χ4n) is 4.47. The Morgan fingerprint density at radius 3 is 1.63 bits per heavy atom. The molecule has 30 heavy (non-hydrogen) atoms. The molecule has 0 rings (SSSR count). The van der Waals surface area contributed by atoms with E-state index in [0.29, 0.717) is 5.92 Å². The molecule has 0 aromatic rings. The molecule has 1 atom stereocenters. The smallest absolute Gasteiger partial charge is 0.306 e. The molecule has 180 valence electrons. The molecular weight excluding hydrogens is 370 g/mol. The van der Waals surface area contributed by atoms with Crippen molar-refractivity contribution in [1.29, 1.82) is 0 Å². The van der Waals surface area contributed by atoms with Gasteiger partial charge in [-0.2, -0.15) is 0 Å². The first-order valence-corrected chi connectivity index (χ1v) is 13.6. The van der Waals surface area contributed by atoms with Gasteiger partial charge in [-0.15, -0.1) is 0 Å². The molecule has 0 aliphatic rings. The molecule has 1 unspecified atom stereocenters. The maximum absolute atomic E-state index is 11.9. The SMILES string of the molecule is CCCCCCCCNCCCC(CC(CCCCCC)CCCCCC)C(=O)O. The molecule has 0 aliphatic heterocycles. The molecule has 0 heterocycles. The van der Waals surface area contributed by atoms with Gasteiger partial charge in [0, 0.05) is 0 Å². The summed E-state index contributed by atoms with van der Waals surface area (Å²) in [6.45, 7) is 8.82. The van der Waals surface area contributed by atoms with Crippen LogP contribution in [0.25, 0.3) is 0 Å². The zero-order chi connectivity index (χ0) is 22.3. The molecular formula is C27H55NO2. The Balaban J connectivity index is 4.12. The van der Waals surface area contributed by atoms with Crippen LogP contribution in [0.5, 0.6) is 0 Å². The topological polar surface area (TPSA) is 49.3 Å². The molecule has 0 radical (unpaired) electrons. The number of carboxylic acid groups (broad SMARTS) is 1. The minimum atomic E-state index is -0.571. The summed E-state index contributed by atoms with van der Waals surface area (Å²) in [5.41, 5.74) is 0. The Labute approximate surface area is 189 Å². The summed E-state index contributed by atoms with van der Waals surface area (Å²) in [5.74, 6) is -0.114. The van der Waals surface area contributed by atoms with E-state index in [2.05, 4.69) is 26.1 Å². The monoisotopic (exact) mass is 425 g/mol. The van der Waals surface area contributed by atoms with Gasteiger partial charge < -0.3 is 10.4 Å². The lowest BCUT2D eigenvalue weighted by atomic mass is 9.84. The van der Waals surface area contributed by atoms with Crippen molar-refractivity contribution in [2.24, 2.45) is 11.8 Å². The molecule has 0 bridgehead atoms. The molecule has 0 saturated carbocycles. The average Bonchev–Trinajstić information content (AvgIpc) is 2.74. The minimum Gasteiger partial charge on any atom is -0.481 e. The number of rotatable bonds is 24. The third-order valence-corrected chi connectivity index (χ3v) is 6.51. The van der Waals surface area contributed by atoms with Crippen LogP contribution >= 0.6 is 0 Å². The zero-order valence-electron chi connectivity index (χ0n) is 20.9. The molecule has 0 amide bonds. The highest BCUT2D eigenvalue weighted by Crippen LogP contribution is 2.27. The van der Waals surface area contributed by atoms with E-state index in [1.165, 1.54) is 103 Å². The number of carboxylic acids is 1. The first-order chi connectivity index (χ1) is 14.7. The van der Waals surface area contributed by atoms with Gasteiger partial charge in [-0.05, 0) is 44.7 Å². The number of hydrogen-bond acceptors (Lipinski definition) is 2. The Kier molecular flexibility index (Phi) is 22.7. The quantitative estimate of drug-likeness (QED) is 0.153. The molecule has 0 spiro atoms. The Morgan fingerprint density at radius 2 is 1.10 bits per heavy atom. The van der Waals surface area contributed by atoms with Crippen molar-refractivity contribution in [3.8, 4) is 0 Å². The number of carbonyl (C=O) groups is 1. The maximum Gasteiger partial charge on any atom is 0.306 e. The molecule has 3 heteroatoms. The first-order valence-electron chi connectivity index (χ1n) is 13.6. The highest BCUT2D eigenvalue weighted by Gasteiger charge is 2.22. The van der Waals surface area contributed by atoms with E-state index in [1.807, 2.05) is 0 Å². The van der Waals surface area contributed by atoms with Crippen molar-refractivity contribution in [2.45, 2.75) is 143 Å². The largest absolute Gasteiger partial charge is 0.481 e. The lowest BCUT2D eigenvalue weighted by molar-refractivity contribution is -0.142. The minimum absolute atomic E-state index is 0.150. The maximum atomic E-state index is 11.9. The van der Waals surface area contributed by atoms with Crippen molar-refractivity contribution in [1.82, 2.24) is 5.32 Å².